The van der Waals surface area contributed by atoms with E-state index in [0.717, 1.165) is 12.3 Å². The molecule has 1 N–H and O–H groups in total. The second-order valence-electron chi connectivity index (χ2n) is 6.31. The van der Waals surface area contributed by atoms with E-state index in [2.05, 4.69) is 20.8 Å². The van der Waals surface area contributed by atoms with Crippen LogP contribution in [-0.4, -0.2) is 10.7 Å². The van der Waals surface area contributed by atoms with Crippen molar-refractivity contribution in [3.63, 3.8) is 0 Å². The summed E-state index contributed by atoms with van der Waals surface area (Å²) in [6, 6.07) is 0. The van der Waals surface area contributed by atoms with Gasteiger partial charge in [0, 0.05) is 0 Å². The molecule has 1 aliphatic rings. The maximum atomic E-state index is 10.7. The maximum Gasteiger partial charge on any atom is 0.0650 e. The minimum absolute atomic E-state index is 0.408. The third kappa shape index (κ3) is 4.99. The normalized spacial score (nSPS) is 23.3. The van der Waals surface area contributed by atoms with Crippen molar-refractivity contribution in [2.24, 2.45) is 11.8 Å². The first kappa shape index (κ1) is 15.0. The van der Waals surface area contributed by atoms with E-state index in [1.807, 2.05) is 0 Å². The van der Waals surface area contributed by atoms with Crippen LogP contribution in [0.4, 0.5) is 0 Å². The Kier molecular flexibility index (Phi) is 6.54. The summed E-state index contributed by atoms with van der Waals surface area (Å²) in [5.41, 5.74) is -0.408. The van der Waals surface area contributed by atoms with Crippen LogP contribution >= 0.6 is 0 Å². The van der Waals surface area contributed by atoms with Gasteiger partial charge < -0.3 is 5.11 Å². The van der Waals surface area contributed by atoms with Gasteiger partial charge in [-0.3, -0.25) is 0 Å². The fourth-order valence-corrected chi connectivity index (χ4v) is 3.42. The lowest BCUT2D eigenvalue weighted by Gasteiger charge is -2.38. The molecule has 1 nitrogen and oxygen atoms in total. The fourth-order valence-electron chi connectivity index (χ4n) is 3.42. The molecule has 17 heavy (non-hydrogen) atoms. The van der Waals surface area contributed by atoms with Crippen LogP contribution in [0.25, 0.3) is 0 Å². The summed E-state index contributed by atoms with van der Waals surface area (Å²) in [7, 11) is 0. The molecular formula is C16H32O. The Balaban J connectivity index is 2.44. The highest BCUT2D eigenvalue weighted by Gasteiger charge is 2.34. The van der Waals surface area contributed by atoms with Gasteiger partial charge in [0.1, 0.15) is 0 Å². The molecule has 0 bridgehead atoms. The van der Waals surface area contributed by atoms with Crippen LogP contribution in [0.5, 0.6) is 0 Å². The second kappa shape index (κ2) is 7.41. The summed E-state index contributed by atoms with van der Waals surface area (Å²) in [4.78, 5) is 0. The lowest BCUT2D eigenvalue weighted by atomic mass is 9.73. The Hall–Kier alpha value is -0.0400. The highest BCUT2D eigenvalue weighted by molar-refractivity contribution is 4.86. The van der Waals surface area contributed by atoms with E-state index in [1.54, 1.807) is 0 Å². The third-order valence-corrected chi connectivity index (χ3v) is 4.73. The molecule has 2 unspecified atom stereocenters. The number of hydrogen-bond acceptors (Lipinski definition) is 1. The number of rotatable bonds is 7. The Labute approximate surface area is 108 Å². The van der Waals surface area contributed by atoms with Gasteiger partial charge in [-0.15, -0.1) is 0 Å². The van der Waals surface area contributed by atoms with Crippen molar-refractivity contribution in [1.82, 2.24) is 0 Å². The van der Waals surface area contributed by atoms with Gasteiger partial charge in [-0.1, -0.05) is 58.8 Å². The smallest absolute Gasteiger partial charge is 0.0650 e. The van der Waals surface area contributed by atoms with Crippen molar-refractivity contribution in [1.29, 1.82) is 0 Å². The summed E-state index contributed by atoms with van der Waals surface area (Å²) >= 11 is 0. The monoisotopic (exact) mass is 240 g/mol. The zero-order valence-electron chi connectivity index (χ0n) is 12.2. The number of hydrogen-bond donors (Lipinski definition) is 1. The third-order valence-electron chi connectivity index (χ3n) is 4.73. The molecule has 1 fully saturated rings. The van der Waals surface area contributed by atoms with Crippen LogP contribution in [0.2, 0.25) is 0 Å². The van der Waals surface area contributed by atoms with E-state index in [-0.39, 0.29) is 0 Å². The van der Waals surface area contributed by atoms with Crippen LogP contribution in [0, 0.1) is 11.8 Å². The molecule has 1 saturated carbocycles. The van der Waals surface area contributed by atoms with E-state index >= 15 is 0 Å². The summed E-state index contributed by atoms with van der Waals surface area (Å²) in [6.45, 7) is 6.63. The fraction of sp³-hybridized carbons (Fsp3) is 1.00. The Morgan fingerprint density at radius 3 is 2.35 bits per heavy atom. The minimum Gasteiger partial charge on any atom is -0.390 e. The molecule has 0 saturated heterocycles. The van der Waals surface area contributed by atoms with Crippen molar-refractivity contribution in [2.45, 2.75) is 90.6 Å². The first-order valence-electron chi connectivity index (χ1n) is 7.82. The zero-order chi connectivity index (χ0) is 12.7. The van der Waals surface area contributed by atoms with E-state index in [9.17, 15) is 5.11 Å². The van der Waals surface area contributed by atoms with Crippen LogP contribution in [0.15, 0.2) is 0 Å². The standard InChI is InChI=1S/C16H32O/c1-4-6-10-14(5-2)13-16(3,17)15-11-8-7-9-12-15/h14-15,17H,4-13H2,1-3H3. The highest BCUT2D eigenvalue weighted by atomic mass is 16.3. The first-order chi connectivity index (χ1) is 8.10. The molecule has 0 aromatic rings. The molecule has 1 heteroatoms. The van der Waals surface area contributed by atoms with Gasteiger partial charge in [-0.25, -0.2) is 0 Å². The topological polar surface area (TPSA) is 20.2 Å². The van der Waals surface area contributed by atoms with Crippen molar-refractivity contribution in [3.8, 4) is 0 Å². The van der Waals surface area contributed by atoms with Crippen molar-refractivity contribution in [2.75, 3.05) is 0 Å². The van der Waals surface area contributed by atoms with Gasteiger partial charge in [0.15, 0.2) is 0 Å². The predicted molar refractivity (Wildman–Crippen MR) is 75.1 cm³/mol. The first-order valence-corrected chi connectivity index (χ1v) is 7.82. The van der Waals surface area contributed by atoms with Crippen LogP contribution in [0.1, 0.15) is 85.0 Å². The molecule has 2 atom stereocenters. The van der Waals surface area contributed by atoms with Gasteiger partial charge in [0.25, 0.3) is 0 Å². The molecule has 0 radical (unpaired) electrons. The molecule has 0 aromatic carbocycles. The SMILES string of the molecule is CCCCC(CC)CC(C)(O)C1CCCCC1. The molecule has 1 rings (SSSR count). The molecule has 102 valence electrons. The maximum absolute atomic E-state index is 10.7. The van der Waals surface area contributed by atoms with Gasteiger partial charge in [0.2, 0.25) is 0 Å². The lowest BCUT2D eigenvalue weighted by Crippen LogP contribution is -2.37. The van der Waals surface area contributed by atoms with E-state index in [4.69, 9.17) is 0 Å². The van der Waals surface area contributed by atoms with E-state index in [0.29, 0.717) is 5.92 Å². The summed E-state index contributed by atoms with van der Waals surface area (Å²) in [5.74, 6) is 1.29. The van der Waals surface area contributed by atoms with Crippen LogP contribution in [-0.2, 0) is 0 Å². The Morgan fingerprint density at radius 2 is 1.82 bits per heavy atom. The van der Waals surface area contributed by atoms with Gasteiger partial charge in [-0.05, 0) is 38.0 Å². The van der Waals surface area contributed by atoms with Crippen LogP contribution < -0.4 is 0 Å². The number of aliphatic hydroxyl groups is 1. The molecule has 0 spiro atoms. The molecular weight excluding hydrogens is 208 g/mol. The Morgan fingerprint density at radius 1 is 1.18 bits per heavy atom. The van der Waals surface area contributed by atoms with E-state index < -0.39 is 5.60 Å². The lowest BCUT2D eigenvalue weighted by molar-refractivity contribution is -0.0374. The Bertz CT molecular complexity index is 192. The summed E-state index contributed by atoms with van der Waals surface area (Å²) < 4.78 is 0. The molecule has 1 aliphatic carbocycles. The largest absolute Gasteiger partial charge is 0.390 e. The predicted octanol–water partition coefficient (Wildman–Crippen LogP) is 4.92. The summed E-state index contributed by atoms with van der Waals surface area (Å²) in [5, 5.41) is 10.7. The minimum atomic E-state index is -0.408. The van der Waals surface area contributed by atoms with Gasteiger partial charge in [-0.2, -0.15) is 0 Å². The quantitative estimate of drug-likeness (QED) is 0.669. The average molecular weight is 240 g/mol. The molecule has 0 aromatic heterocycles. The highest BCUT2D eigenvalue weighted by Crippen LogP contribution is 2.37. The van der Waals surface area contributed by atoms with Crippen molar-refractivity contribution < 1.29 is 5.11 Å². The molecule has 0 heterocycles. The van der Waals surface area contributed by atoms with Crippen LogP contribution in [0.3, 0.4) is 0 Å². The number of unbranched alkanes of at least 4 members (excludes halogenated alkanes) is 1. The molecule has 0 amide bonds. The van der Waals surface area contributed by atoms with E-state index in [1.165, 1.54) is 57.8 Å². The average Bonchev–Trinajstić information content (AvgIpc) is 2.35. The second-order valence-corrected chi connectivity index (χ2v) is 6.31. The van der Waals surface area contributed by atoms with Crippen molar-refractivity contribution >= 4 is 0 Å². The van der Waals surface area contributed by atoms with Gasteiger partial charge >= 0.3 is 0 Å². The van der Waals surface area contributed by atoms with Crippen molar-refractivity contribution in [3.05, 3.63) is 0 Å². The van der Waals surface area contributed by atoms with Gasteiger partial charge in [0.05, 0.1) is 5.60 Å². The molecule has 0 aliphatic heterocycles. The summed E-state index contributed by atoms with van der Waals surface area (Å²) in [6.07, 6.45) is 12.7. The zero-order valence-corrected chi connectivity index (χ0v) is 12.2.